The second-order valence-corrected chi connectivity index (χ2v) is 5.50. The Balaban J connectivity index is 2.08. The van der Waals surface area contributed by atoms with E-state index in [-0.39, 0.29) is 5.91 Å². The van der Waals surface area contributed by atoms with E-state index in [4.69, 9.17) is 9.47 Å². The summed E-state index contributed by atoms with van der Waals surface area (Å²) in [6, 6.07) is 0. The minimum atomic E-state index is -0.680. The molecule has 1 saturated heterocycles. The quantitative estimate of drug-likeness (QED) is 0.845. The number of amides is 1. The highest BCUT2D eigenvalue weighted by Crippen LogP contribution is 2.41. The highest BCUT2D eigenvalue weighted by Gasteiger charge is 2.53. The molecule has 8 nitrogen and oxygen atoms in total. The number of methoxy groups -OCH3 is 1. The smallest absolute Gasteiger partial charge is 0.255 e. The van der Waals surface area contributed by atoms with Crippen molar-refractivity contribution < 1.29 is 14.3 Å². The van der Waals surface area contributed by atoms with E-state index in [2.05, 4.69) is 15.3 Å². The van der Waals surface area contributed by atoms with Gasteiger partial charge in [0.15, 0.2) is 5.82 Å². The molecule has 1 N–H and O–H groups in total. The summed E-state index contributed by atoms with van der Waals surface area (Å²) < 4.78 is 10.7. The van der Waals surface area contributed by atoms with Gasteiger partial charge in [0.05, 0.1) is 19.4 Å². The number of likely N-dealkylation sites (N-methyl/N-ethyl adjacent to an activating group) is 1. The lowest BCUT2D eigenvalue weighted by Gasteiger charge is -2.45. The third kappa shape index (κ3) is 2.10. The fourth-order valence-corrected chi connectivity index (χ4v) is 3.02. The minimum Gasteiger partial charge on any atom is -0.383 e. The van der Waals surface area contributed by atoms with Gasteiger partial charge in [0.1, 0.15) is 11.2 Å². The van der Waals surface area contributed by atoms with Gasteiger partial charge in [0.2, 0.25) is 5.95 Å². The van der Waals surface area contributed by atoms with Crippen LogP contribution in [-0.4, -0.2) is 69.0 Å². The number of aromatic nitrogens is 2. The molecule has 3 heterocycles. The maximum atomic E-state index is 13.1. The molecule has 1 aromatic heterocycles. The van der Waals surface area contributed by atoms with Gasteiger partial charge in [-0.25, -0.2) is 4.98 Å². The van der Waals surface area contributed by atoms with E-state index >= 15 is 0 Å². The molecule has 8 heteroatoms. The van der Waals surface area contributed by atoms with Crippen molar-refractivity contribution in [1.82, 2.24) is 9.97 Å². The van der Waals surface area contributed by atoms with Gasteiger partial charge in [0.25, 0.3) is 5.91 Å². The first kappa shape index (κ1) is 15.0. The maximum Gasteiger partial charge on any atom is 0.255 e. The highest BCUT2D eigenvalue weighted by atomic mass is 16.5. The van der Waals surface area contributed by atoms with E-state index in [1.165, 1.54) is 0 Å². The molecule has 2 aliphatic rings. The predicted octanol–water partition coefficient (Wildman–Crippen LogP) is 0.107. The Morgan fingerprint density at radius 3 is 3.00 bits per heavy atom. The lowest BCUT2D eigenvalue weighted by Crippen LogP contribution is -2.63. The number of anilines is 3. The van der Waals surface area contributed by atoms with Gasteiger partial charge in [0, 0.05) is 40.8 Å². The second-order valence-electron chi connectivity index (χ2n) is 5.50. The van der Waals surface area contributed by atoms with Crippen molar-refractivity contribution in [2.45, 2.75) is 12.0 Å². The average Bonchev–Trinajstić information content (AvgIpc) is 3.04. The molecule has 3 rings (SSSR count). The predicted molar refractivity (Wildman–Crippen MR) is 82.4 cm³/mol. The van der Waals surface area contributed by atoms with Crippen LogP contribution in [0.3, 0.4) is 0 Å². The monoisotopic (exact) mass is 307 g/mol. The molecule has 0 bridgehead atoms. The number of nitrogens with one attached hydrogen (secondary N) is 1. The Morgan fingerprint density at radius 2 is 2.36 bits per heavy atom. The van der Waals surface area contributed by atoms with Gasteiger partial charge >= 0.3 is 0 Å². The Bertz CT molecular complexity index is 574. The van der Waals surface area contributed by atoms with E-state index in [1.54, 1.807) is 25.3 Å². The molecule has 22 heavy (non-hydrogen) atoms. The van der Waals surface area contributed by atoms with E-state index in [9.17, 15) is 4.79 Å². The molecule has 0 aliphatic carbocycles. The topological polar surface area (TPSA) is 79.8 Å². The Kier molecular flexibility index (Phi) is 3.88. The zero-order chi connectivity index (χ0) is 15.7. The van der Waals surface area contributed by atoms with Gasteiger partial charge in [-0.2, -0.15) is 4.98 Å². The summed E-state index contributed by atoms with van der Waals surface area (Å²) >= 11 is 0. The Morgan fingerprint density at radius 1 is 1.55 bits per heavy atom. The van der Waals surface area contributed by atoms with Crippen molar-refractivity contribution in [2.24, 2.45) is 0 Å². The first-order chi connectivity index (χ1) is 10.6. The lowest BCUT2D eigenvalue weighted by atomic mass is 9.92. The van der Waals surface area contributed by atoms with Gasteiger partial charge in [-0.1, -0.05) is 0 Å². The first-order valence-corrected chi connectivity index (χ1v) is 7.31. The molecule has 1 aromatic rings. The zero-order valence-corrected chi connectivity index (χ0v) is 13.1. The van der Waals surface area contributed by atoms with Crippen LogP contribution in [0.15, 0.2) is 6.20 Å². The van der Waals surface area contributed by atoms with Crippen molar-refractivity contribution >= 4 is 23.4 Å². The van der Waals surface area contributed by atoms with Crippen LogP contribution >= 0.6 is 0 Å². The average molecular weight is 307 g/mol. The Hall–Kier alpha value is -1.93. The van der Waals surface area contributed by atoms with E-state index in [1.807, 2.05) is 11.9 Å². The first-order valence-electron chi connectivity index (χ1n) is 7.31. The highest BCUT2D eigenvalue weighted by molar-refractivity contribution is 6.08. The van der Waals surface area contributed by atoms with Crippen molar-refractivity contribution in [1.29, 1.82) is 0 Å². The van der Waals surface area contributed by atoms with E-state index in [0.717, 1.165) is 5.82 Å². The fourth-order valence-electron chi connectivity index (χ4n) is 3.02. The number of carbonyl (C=O) groups excluding carboxylic acids is 1. The van der Waals surface area contributed by atoms with E-state index < -0.39 is 5.54 Å². The normalized spacial score (nSPS) is 24.0. The Labute approximate surface area is 129 Å². The molecule has 2 aliphatic heterocycles. The standard InChI is InChI=1S/C14H21N5O3/c1-15-13-16-8-10-11(17-13)18(2)14(4-6-22-9-14)12(20)19(10)5-7-21-3/h8H,4-7,9H2,1-3H3,(H,15,16,17). The summed E-state index contributed by atoms with van der Waals surface area (Å²) in [5.41, 5.74) is 0.0289. The number of ether oxygens (including phenoxy) is 2. The molecule has 1 spiro atoms. The fraction of sp³-hybridized carbons (Fsp3) is 0.643. The van der Waals surface area contributed by atoms with Crippen LogP contribution in [0.1, 0.15) is 6.42 Å². The number of fused-ring (bicyclic) bond motifs is 1. The third-order valence-corrected chi connectivity index (χ3v) is 4.39. The van der Waals surface area contributed by atoms with Gasteiger partial charge in [-0.05, 0) is 0 Å². The largest absolute Gasteiger partial charge is 0.383 e. The summed E-state index contributed by atoms with van der Waals surface area (Å²) in [6.45, 7) is 1.89. The van der Waals surface area contributed by atoms with Crippen LogP contribution in [0.5, 0.6) is 0 Å². The SMILES string of the molecule is CNc1ncc2c(n1)N(C)C1(CCOC1)C(=O)N2CCOC. The number of hydrogen-bond acceptors (Lipinski definition) is 7. The van der Waals surface area contributed by atoms with E-state index in [0.29, 0.717) is 44.4 Å². The summed E-state index contributed by atoms with van der Waals surface area (Å²) in [7, 11) is 5.29. The molecular formula is C14H21N5O3. The van der Waals surface area contributed by atoms with Crippen molar-refractivity contribution in [2.75, 3.05) is 62.7 Å². The summed E-state index contributed by atoms with van der Waals surface area (Å²) in [4.78, 5) is 25.5. The minimum absolute atomic E-state index is 0.0258. The number of nitrogens with zero attached hydrogens (tertiary/aromatic N) is 4. The summed E-state index contributed by atoms with van der Waals surface area (Å²) in [5, 5.41) is 2.94. The third-order valence-electron chi connectivity index (χ3n) is 4.39. The van der Waals surface area contributed by atoms with Crippen LogP contribution in [0, 0.1) is 0 Å². The van der Waals surface area contributed by atoms with Crippen LogP contribution in [0.4, 0.5) is 17.5 Å². The number of hydrogen-bond donors (Lipinski definition) is 1. The molecule has 120 valence electrons. The van der Waals surface area contributed by atoms with Crippen molar-refractivity contribution in [3.8, 4) is 0 Å². The molecular weight excluding hydrogens is 286 g/mol. The summed E-state index contributed by atoms with van der Waals surface area (Å²) in [6.07, 6.45) is 2.34. The van der Waals surface area contributed by atoms with Gasteiger partial charge < -0.3 is 24.6 Å². The summed E-state index contributed by atoms with van der Waals surface area (Å²) in [5.74, 6) is 1.29. The second kappa shape index (κ2) is 5.69. The van der Waals surface area contributed by atoms with Crippen LogP contribution in [0.25, 0.3) is 0 Å². The lowest BCUT2D eigenvalue weighted by molar-refractivity contribution is -0.124. The number of rotatable bonds is 4. The maximum absolute atomic E-state index is 13.1. The van der Waals surface area contributed by atoms with Crippen LogP contribution in [0.2, 0.25) is 0 Å². The van der Waals surface area contributed by atoms with Crippen LogP contribution in [-0.2, 0) is 14.3 Å². The molecule has 1 fully saturated rings. The van der Waals surface area contributed by atoms with Gasteiger partial charge in [-0.15, -0.1) is 0 Å². The number of carbonyl (C=O) groups is 1. The van der Waals surface area contributed by atoms with Crippen molar-refractivity contribution in [3.05, 3.63) is 6.20 Å². The zero-order valence-electron chi connectivity index (χ0n) is 13.1. The molecule has 1 amide bonds. The molecule has 0 radical (unpaired) electrons. The molecule has 0 aromatic carbocycles. The van der Waals surface area contributed by atoms with Gasteiger partial charge in [-0.3, -0.25) is 4.79 Å². The van der Waals surface area contributed by atoms with Crippen molar-refractivity contribution in [3.63, 3.8) is 0 Å². The molecule has 1 atom stereocenters. The molecule has 1 unspecified atom stereocenters. The van der Waals surface area contributed by atoms with Crippen LogP contribution < -0.4 is 15.1 Å². The molecule has 0 saturated carbocycles.